The summed E-state index contributed by atoms with van der Waals surface area (Å²) in [6.07, 6.45) is 5.14. The summed E-state index contributed by atoms with van der Waals surface area (Å²) in [4.78, 5) is 17.6. The summed E-state index contributed by atoms with van der Waals surface area (Å²) in [5, 5.41) is 0. The Balaban J connectivity index is 1.80. The second kappa shape index (κ2) is 5.04. The Hall–Kier alpha value is -3.08. The molecule has 106 valence electrons. The fourth-order valence-corrected chi connectivity index (χ4v) is 2.47. The molecule has 4 aromatic rings. The van der Waals surface area contributed by atoms with Crippen LogP contribution < -0.4 is 0 Å². The van der Waals surface area contributed by atoms with Gasteiger partial charge in [0, 0.05) is 24.4 Å². The van der Waals surface area contributed by atoms with Gasteiger partial charge in [0.25, 0.3) is 0 Å². The maximum atomic E-state index is 4.54. The number of aromatic nitrogens is 5. The fraction of sp³-hybridized carbons (Fsp3) is 0.0588. The molecule has 0 bridgehead atoms. The van der Waals surface area contributed by atoms with Crippen LogP contribution >= 0.6 is 0 Å². The van der Waals surface area contributed by atoms with E-state index in [1.54, 1.807) is 12.7 Å². The molecule has 22 heavy (non-hydrogen) atoms. The second-order valence-corrected chi connectivity index (χ2v) is 5.05. The molecule has 0 unspecified atom stereocenters. The molecule has 5 nitrogen and oxygen atoms in total. The highest BCUT2D eigenvalue weighted by Gasteiger charge is 2.10. The molecule has 4 rings (SSSR count). The second-order valence-electron chi connectivity index (χ2n) is 5.05. The van der Waals surface area contributed by atoms with Crippen LogP contribution in [-0.4, -0.2) is 24.5 Å². The molecule has 0 amide bonds. The van der Waals surface area contributed by atoms with Crippen LogP contribution in [0.3, 0.4) is 0 Å². The van der Waals surface area contributed by atoms with Gasteiger partial charge in [-0.15, -0.1) is 0 Å². The first kappa shape index (κ1) is 12.6. The van der Waals surface area contributed by atoms with E-state index in [2.05, 4.69) is 19.9 Å². The Morgan fingerprint density at radius 3 is 2.45 bits per heavy atom. The molecule has 0 fully saturated rings. The molecule has 0 N–H and O–H groups in total. The van der Waals surface area contributed by atoms with E-state index in [-0.39, 0.29) is 0 Å². The number of hydrogen-bond acceptors (Lipinski definition) is 4. The monoisotopic (exact) mass is 287 g/mol. The van der Waals surface area contributed by atoms with E-state index < -0.39 is 0 Å². The van der Waals surface area contributed by atoms with Crippen LogP contribution in [0, 0.1) is 0 Å². The van der Waals surface area contributed by atoms with Gasteiger partial charge in [0.1, 0.15) is 17.5 Å². The zero-order valence-electron chi connectivity index (χ0n) is 12.0. The van der Waals surface area contributed by atoms with Crippen molar-refractivity contribution in [3.05, 3.63) is 61.3 Å². The molecule has 0 saturated heterocycles. The van der Waals surface area contributed by atoms with E-state index in [0.29, 0.717) is 0 Å². The number of fused-ring (bicyclic) bond motifs is 1. The van der Waals surface area contributed by atoms with Crippen molar-refractivity contribution in [1.82, 2.24) is 24.5 Å². The van der Waals surface area contributed by atoms with Gasteiger partial charge < -0.3 is 4.57 Å². The van der Waals surface area contributed by atoms with Gasteiger partial charge in [0.15, 0.2) is 5.65 Å². The lowest BCUT2D eigenvalue weighted by molar-refractivity contribution is 0.928. The molecule has 0 aliphatic rings. The Bertz CT molecular complexity index is 926. The van der Waals surface area contributed by atoms with E-state index in [4.69, 9.17) is 0 Å². The quantitative estimate of drug-likeness (QED) is 0.568. The summed E-state index contributed by atoms with van der Waals surface area (Å²) in [7, 11) is 1.92. The van der Waals surface area contributed by atoms with Gasteiger partial charge in [-0.3, -0.25) is 4.98 Å². The van der Waals surface area contributed by atoms with Crippen molar-refractivity contribution in [2.45, 2.75) is 0 Å². The number of nitrogens with zero attached hydrogens (tertiary/aromatic N) is 5. The van der Waals surface area contributed by atoms with Crippen LogP contribution in [0.4, 0.5) is 0 Å². The number of benzene rings is 1. The molecular formula is C17H13N5. The normalized spacial score (nSPS) is 11.0. The summed E-state index contributed by atoms with van der Waals surface area (Å²) in [5.74, 6) is 0. The average Bonchev–Trinajstić information content (AvgIpc) is 2.97. The summed E-state index contributed by atoms with van der Waals surface area (Å²) in [6.45, 7) is 0. The van der Waals surface area contributed by atoms with Gasteiger partial charge in [-0.2, -0.15) is 0 Å². The maximum Gasteiger partial charge on any atom is 0.163 e. The summed E-state index contributed by atoms with van der Waals surface area (Å²) in [5.41, 5.74) is 5.38. The first-order chi connectivity index (χ1) is 10.8. The molecule has 3 aromatic heterocycles. The minimum Gasteiger partial charge on any atom is -0.318 e. The number of pyridine rings is 1. The predicted octanol–water partition coefficient (Wildman–Crippen LogP) is 3.09. The molecule has 0 saturated carbocycles. The minimum absolute atomic E-state index is 0.791. The zero-order valence-corrected chi connectivity index (χ0v) is 12.0. The summed E-state index contributed by atoms with van der Waals surface area (Å²) < 4.78 is 1.88. The first-order valence-electron chi connectivity index (χ1n) is 6.97. The Morgan fingerprint density at radius 1 is 0.818 bits per heavy atom. The van der Waals surface area contributed by atoms with Gasteiger partial charge in [-0.25, -0.2) is 15.0 Å². The van der Waals surface area contributed by atoms with Crippen molar-refractivity contribution < 1.29 is 0 Å². The standard InChI is InChI=1S/C17H13N5/c1-22-11-21-16-15(19-10-20-17(16)22)13-7-8-14(18-9-13)12-5-3-2-4-6-12/h2-11H,1H3. The maximum absolute atomic E-state index is 4.54. The third-order valence-corrected chi connectivity index (χ3v) is 3.60. The van der Waals surface area contributed by atoms with E-state index in [1.807, 2.05) is 60.3 Å². The largest absolute Gasteiger partial charge is 0.318 e. The average molecular weight is 287 g/mol. The summed E-state index contributed by atoms with van der Waals surface area (Å²) in [6, 6.07) is 14.1. The van der Waals surface area contributed by atoms with Gasteiger partial charge in [0.05, 0.1) is 12.0 Å². The molecule has 5 heteroatoms. The van der Waals surface area contributed by atoms with Crippen molar-refractivity contribution in [3.8, 4) is 22.5 Å². The van der Waals surface area contributed by atoms with Crippen LogP contribution in [0.2, 0.25) is 0 Å². The lowest BCUT2D eigenvalue weighted by atomic mass is 10.1. The molecular weight excluding hydrogens is 274 g/mol. The van der Waals surface area contributed by atoms with Gasteiger partial charge in [-0.05, 0) is 12.1 Å². The number of aryl methyl sites for hydroxylation is 1. The Labute approximate surface area is 127 Å². The van der Waals surface area contributed by atoms with Crippen molar-refractivity contribution in [2.75, 3.05) is 0 Å². The van der Waals surface area contributed by atoms with Crippen LogP contribution in [-0.2, 0) is 7.05 Å². The third-order valence-electron chi connectivity index (χ3n) is 3.60. The molecule has 0 spiro atoms. The minimum atomic E-state index is 0.791. The third kappa shape index (κ3) is 2.03. The molecule has 0 aliphatic carbocycles. The molecule has 0 atom stereocenters. The Kier molecular flexibility index (Phi) is 2.89. The van der Waals surface area contributed by atoms with E-state index in [1.165, 1.54) is 0 Å². The van der Waals surface area contributed by atoms with E-state index in [9.17, 15) is 0 Å². The number of hydrogen-bond donors (Lipinski definition) is 0. The number of rotatable bonds is 2. The predicted molar refractivity (Wildman–Crippen MR) is 85.0 cm³/mol. The highest BCUT2D eigenvalue weighted by Crippen LogP contribution is 2.25. The van der Waals surface area contributed by atoms with Crippen molar-refractivity contribution in [1.29, 1.82) is 0 Å². The van der Waals surface area contributed by atoms with E-state index in [0.717, 1.165) is 33.7 Å². The molecule has 0 aliphatic heterocycles. The van der Waals surface area contributed by atoms with Crippen molar-refractivity contribution in [3.63, 3.8) is 0 Å². The van der Waals surface area contributed by atoms with Crippen molar-refractivity contribution in [2.24, 2.45) is 7.05 Å². The lowest BCUT2D eigenvalue weighted by Crippen LogP contribution is -1.92. The van der Waals surface area contributed by atoms with Crippen LogP contribution in [0.1, 0.15) is 0 Å². The SMILES string of the molecule is Cn1cnc2c(-c3ccc(-c4ccccc4)nc3)ncnc21. The van der Waals surface area contributed by atoms with Crippen LogP contribution in [0.25, 0.3) is 33.7 Å². The van der Waals surface area contributed by atoms with Crippen molar-refractivity contribution >= 4 is 11.2 Å². The fourth-order valence-electron chi connectivity index (χ4n) is 2.47. The Morgan fingerprint density at radius 2 is 1.68 bits per heavy atom. The van der Waals surface area contributed by atoms with Crippen LogP contribution in [0.15, 0.2) is 61.3 Å². The zero-order chi connectivity index (χ0) is 14.9. The first-order valence-corrected chi connectivity index (χ1v) is 6.97. The smallest absolute Gasteiger partial charge is 0.163 e. The van der Waals surface area contributed by atoms with Gasteiger partial charge in [-0.1, -0.05) is 30.3 Å². The van der Waals surface area contributed by atoms with Crippen LogP contribution in [0.5, 0.6) is 0 Å². The topological polar surface area (TPSA) is 56.5 Å². The van der Waals surface area contributed by atoms with E-state index >= 15 is 0 Å². The summed E-state index contributed by atoms with van der Waals surface area (Å²) >= 11 is 0. The highest BCUT2D eigenvalue weighted by molar-refractivity contribution is 5.87. The molecule has 0 radical (unpaired) electrons. The van der Waals surface area contributed by atoms with Gasteiger partial charge in [0.2, 0.25) is 0 Å². The molecule has 3 heterocycles. The van der Waals surface area contributed by atoms with Gasteiger partial charge >= 0.3 is 0 Å². The molecule has 1 aromatic carbocycles. The number of imidazole rings is 1. The lowest BCUT2D eigenvalue weighted by Gasteiger charge is -2.04. The highest BCUT2D eigenvalue weighted by atomic mass is 15.1.